The lowest BCUT2D eigenvalue weighted by atomic mass is 10.0. The number of nitrogens with one attached hydrogen (secondary N) is 1. The number of nitrogens with zero attached hydrogens (tertiary/aromatic N) is 2. The van der Waals surface area contributed by atoms with Gasteiger partial charge in [-0.15, -0.1) is 0 Å². The third-order valence-corrected chi connectivity index (χ3v) is 3.37. The molecule has 2 N–H and O–H groups in total. The van der Waals surface area contributed by atoms with Gasteiger partial charge in [-0.25, -0.2) is 13.2 Å². The van der Waals surface area contributed by atoms with Crippen LogP contribution in [0.4, 0.5) is 13.2 Å². The molecule has 0 aromatic heterocycles. The topological polar surface area (TPSA) is 59.3 Å². The van der Waals surface area contributed by atoms with E-state index in [0.717, 1.165) is 12.1 Å². The molecule has 1 heterocycles. The number of nitriles is 1. The third kappa shape index (κ3) is 2.71. The summed E-state index contributed by atoms with van der Waals surface area (Å²) in [5.41, 5.74) is -0.705. The zero-order valence-corrected chi connectivity index (χ0v) is 10.6. The van der Waals surface area contributed by atoms with E-state index in [0.29, 0.717) is 26.2 Å². The Morgan fingerprint density at radius 1 is 1.30 bits per heavy atom. The van der Waals surface area contributed by atoms with Gasteiger partial charge in [0.15, 0.2) is 0 Å². The lowest BCUT2D eigenvalue weighted by Crippen LogP contribution is -2.46. The molecule has 1 aliphatic heterocycles. The van der Waals surface area contributed by atoms with Crippen LogP contribution in [0.3, 0.4) is 0 Å². The standard InChI is InChI=1S/C13H14F3N3O/c14-10-2-1-8(12(20)9(10)7-17)11(13(15)16)19-5-3-18-4-6-19/h1-2,11,13,18,20H,3-6H2/t11-/m0/s1. The Morgan fingerprint density at radius 3 is 2.50 bits per heavy atom. The van der Waals surface area contributed by atoms with Gasteiger partial charge in [-0.3, -0.25) is 4.90 Å². The molecule has 1 saturated heterocycles. The molecule has 20 heavy (non-hydrogen) atoms. The molecule has 1 aliphatic rings. The second-order valence-corrected chi connectivity index (χ2v) is 4.54. The first kappa shape index (κ1) is 14.6. The van der Waals surface area contributed by atoms with Gasteiger partial charge >= 0.3 is 0 Å². The molecule has 0 amide bonds. The highest BCUT2D eigenvalue weighted by atomic mass is 19.3. The minimum Gasteiger partial charge on any atom is -0.506 e. The number of halogens is 3. The second-order valence-electron chi connectivity index (χ2n) is 4.54. The molecule has 0 saturated carbocycles. The van der Waals surface area contributed by atoms with E-state index in [1.165, 1.54) is 11.0 Å². The summed E-state index contributed by atoms with van der Waals surface area (Å²) in [5.74, 6) is -1.61. The fraction of sp³-hybridized carbons (Fsp3) is 0.462. The van der Waals surface area contributed by atoms with E-state index >= 15 is 0 Å². The lowest BCUT2D eigenvalue weighted by Gasteiger charge is -2.35. The second kappa shape index (κ2) is 6.11. The molecular weight excluding hydrogens is 271 g/mol. The van der Waals surface area contributed by atoms with Crippen LogP contribution in [0, 0.1) is 17.1 Å². The summed E-state index contributed by atoms with van der Waals surface area (Å²) >= 11 is 0. The first-order valence-corrected chi connectivity index (χ1v) is 6.20. The first-order chi connectivity index (χ1) is 9.56. The van der Waals surface area contributed by atoms with Gasteiger partial charge in [-0.05, 0) is 6.07 Å². The van der Waals surface area contributed by atoms with Crippen LogP contribution >= 0.6 is 0 Å². The van der Waals surface area contributed by atoms with Gasteiger partial charge in [0.05, 0.1) is 0 Å². The Hall–Kier alpha value is -1.78. The van der Waals surface area contributed by atoms with Crippen molar-refractivity contribution in [3.8, 4) is 11.8 Å². The Bertz CT molecular complexity index is 524. The van der Waals surface area contributed by atoms with Crippen molar-refractivity contribution in [2.45, 2.75) is 12.5 Å². The van der Waals surface area contributed by atoms with Gasteiger partial charge in [0.25, 0.3) is 6.43 Å². The molecule has 1 aromatic rings. The van der Waals surface area contributed by atoms with Crippen molar-refractivity contribution in [2.24, 2.45) is 0 Å². The molecule has 1 fully saturated rings. The van der Waals surface area contributed by atoms with Crippen molar-refractivity contribution in [2.75, 3.05) is 26.2 Å². The molecule has 0 unspecified atom stereocenters. The summed E-state index contributed by atoms with van der Waals surface area (Å²) in [4.78, 5) is 1.52. The monoisotopic (exact) mass is 285 g/mol. The van der Waals surface area contributed by atoms with Gasteiger partial charge in [0.2, 0.25) is 0 Å². The van der Waals surface area contributed by atoms with Gasteiger partial charge in [0, 0.05) is 31.7 Å². The van der Waals surface area contributed by atoms with Gasteiger partial charge in [-0.1, -0.05) is 6.07 Å². The van der Waals surface area contributed by atoms with Gasteiger partial charge in [0.1, 0.15) is 29.2 Å². The highest BCUT2D eigenvalue weighted by Gasteiger charge is 2.33. The zero-order valence-electron chi connectivity index (χ0n) is 10.6. The van der Waals surface area contributed by atoms with E-state index in [9.17, 15) is 18.3 Å². The number of benzene rings is 1. The van der Waals surface area contributed by atoms with Crippen molar-refractivity contribution in [3.63, 3.8) is 0 Å². The summed E-state index contributed by atoms with van der Waals surface area (Å²) in [6.45, 7) is 1.92. The van der Waals surface area contributed by atoms with Crippen LogP contribution in [0.1, 0.15) is 17.2 Å². The predicted molar refractivity (Wildman–Crippen MR) is 66.0 cm³/mol. The molecule has 0 aliphatic carbocycles. The van der Waals surface area contributed by atoms with Crippen LogP contribution in [0.15, 0.2) is 12.1 Å². The number of phenols is 1. The van der Waals surface area contributed by atoms with Crippen molar-refractivity contribution < 1.29 is 18.3 Å². The number of piperazine rings is 1. The van der Waals surface area contributed by atoms with E-state index in [-0.39, 0.29) is 5.56 Å². The molecule has 0 radical (unpaired) electrons. The summed E-state index contributed by atoms with van der Waals surface area (Å²) < 4.78 is 40.0. The fourth-order valence-electron chi connectivity index (χ4n) is 2.38. The van der Waals surface area contributed by atoms with Crippen LogP contribution in [0.5, 0.6) is 5.75 Å². The fourth-order valence-corrected chi connectivity index (χ4v) is 2.38. The van der Waals surface area contributed by atoms with E-state index in [1.54, 1.807) is 0 Å². The summed E-state index contributed by atoms with van der Waals surface area (Å²) in [7, 11) is 0. The number of hydrogen-bond acceptors (Lipinski definition) is 4. The Labute approximate surface area is 114 Å². The molecule has 2 rings (SSSR count). The number of rotatable bonds is 3. The summed E-state index contributed by atoms with van der Waals surface area (Å²) in [5, 5.41) is 21.7. The summed E-state index contributed by atoms with van der Waals surface area (Å²) in [6.07, 6.45) is -2.74. The number of aromatic hydroxyl groups is 1. The van der Waals surface area contributed by atoms with Crippen molar-refractivity contribution in [1.82, 2.24) is 10.2 Å². The Morgan fingerprint density at radius 2 is 1.95 bits per heavy atom. The number of phenolic OH excluding ortho intramolecular Hbond substituents is 1. The van der Waals surface area contributed by atoms with Crippen LogP contribution in [0.2, 0.25) is 0 Å². The first-order valence-electron chi connectivity index (χ1n) is 6.20. The molecule has 4 nitrogen and oxygen atoms in total. The SMILES string of the molecule is N#Cc1c(F)ccc([C@@H](C(F)F)N2CCNCC2)c1O. The largest absolute Gasteiger partial charge is 0.506 e. The smallest absolute Gasteiger partial charge is 0.258 e. The quantitative estimate of drug-likeness (QED) is 0.886. The zero-order chi connectivity index (χ0) is 14.7. The van der Waals surface area contributed by atoms with Crippen LogP contribution in [-0.4, -0.2) is 42.6 Å². The highest BCUT2D eigenvalue weighted by Crippen LogP contribution is 2.36. The molecule has 7 heteroatoms. The average molecular weight is 285 g/mol. The van der Waals surface area contributed by atoms with Crippen molar-refractivity contribution in [3.05, 3.63) is 29.1 Å². The van der Waals surface area contributed by atoms with Crippen LogP contribution < -0.4 is 5.32 Å². The molecule has 108 valence electrons. The molecule has 0 bridgehead atoms. The highest BCUT2D eigenvalue weighted by molar-refractivity contribution is 5.49. The third-order valence-electron chi connectivity index (χ3n) is 3.37. The average Bonchev–Trinajstić information content (AvgIpc) is 2.43. The summed E-state index contributed by atoms with van der Waals surface area (Å²) in [6, 6.07) is 2.21. The minimum atomic E-state index is -2.74. The van der Waals surface area contributed by atoms with E-state index in [2.05, 4.69) is 5.32 Å². The Kier molecular flexibility index (Phi) is 4.47. The van der Waals surface area contributed by atoms with E-state index in [1.807, 2.05) is 0 Å². The number of alkyl halides is 2. The maximum atomic E-state index is 13.3. The number of hydrogen-bond donors (Lipinski definition) is 2. The lowest BCUT2D eigenvalue weighted by molar-refractivity contribution is 0.0169. The van der Waals surface area contributed by atoms with Gasteiger partial charge < -0.3 is 10.4 Å². The van der Waals surface area contributed by atoms with Crippen LogP contribution in [-0.2, 0) is 0 Å². The normalized spacial score (nSPS) is 17.9. The Balaban J connectivity index is 2.42. The van der Waals surface area contributed by atoms with E-state index < -0.39 is 29.6 Å². The molecular formula is C13H14F3N3O. The van der Waals surface area contributed by atoms with E-state index in [4.69, 9.17) is 5.26 Å². The minimum absolute atomic E-state index is 0.111. The van der Waals surface area contributed by atoms with Gasteiger partial charge in [-0.2, -0.15) is 5.26 Å². The maximum absolute atomic E-state index is 13.3. The van der Waals surface area contributed by atoms with Crippen LogP contribution in [0.25, 0.3) is 0 Å². The van der Waals surface area contributed by atoms with Crippen molar-refractivity contribution >= 4 is 0 Å². The molecule has 0 spiro atoms. The maximum Gasteiger partial charge on any atom is 0.258 e. The van der Waals surface area contributed by atoms with Crippen molar-refractivity contribution in [1.29, 1.82) is 5.26 Å². The molecule has 1 atom stereocenters. The predicted octanol–water partition coefficient (Wildman–Crippen LogP) is 1.61. The molecule has 1 aromatic carbocycles.